The molecule has 4 nitrogen and oxygen atoms in total. The lowest BCUT2D eigenvalue weighted by Crippen LogP contribution is -2.41. The first-order valence-corrected chi connectivity index (χ1v) is 5.19. The van der Waals surface area contributed by atoms with Gasteiger partial charge in [0.15, 0.2) is 0 Å². The van der Waals surface area contributed by atoms with Gasteiger partial charge < -0.3 is 4.57 Å². The maximum absolute atomic E-state index is 4.33. The molecule has 1 aromatic rings. The average molecular weight is 193 g/mol. The Morgan fingerprint density at radius 2 is 2.07 bits per heavy atom. The highest BCUT2D eigenvalue weighted by Gasteiger charge is 2.09. The van der Waals surface area contributed by atoms with E-state index in [2.05, 4.69) is 19.8 Å². The standard InChI is InChI=1S/C10H17N4/c1-10-12-4-7-14(10)9-8-13-5-2-11-3-6-13/h4,7H,2-3,5-6,8-9H2,1H3. The topological polar surface area (TPSA) is 35.2 Å². The molecule has 4 heteroatoms. The van der Waals surface area contributed by atoms with Crippen LogP contribution in [0.5, 0.6) is 0 Å². The van der Waals surface area contributed by atoms with E-state index in [0.717, 1.165) is 45.1 Å². The molecule has 77 valence electrons. The molecule has 2 heterocycles. The lowest BCUT2D eigenvalue weighted by Gasteiger charge is -2.26. The molecule has 0 saturated carbocycles. The Kier molecular flexibility index (Phi) is 3.16. The Bertz CT molecular complexity index is 275. The molecule has 1 aliphatic rings. The predicted octanol–water partition coefficient (Wildman–Crippen LogP) is 0.112. The summed E-state index contributed by atoms with van der Waals surface area (Å²) in [6.07, 6.45) is 3.91. The van der Waals surface area contributed by atoms with Gasteiger partial charge in [-0.1, -0.05) is 0 Å². The van der Waals surface area contributed by atoms with Crippen LogP contribution in [-0.4, -0.2) is 47.2 Å². The van der Waals surface area contributed by atoms with E-state index in [-0.39, 0.29) is 0 Å². The summed E-state index contributed by atoms with van der Waals surface area (Å²) in [4.78, 5) is 6.67. The fourth-order valence-electron chi connectivity index (χ4n) is 1.76. The Morgan fingerprint density at radius 1 is 1.29 bits per heavy atom. The third kappa shape index (κ3) is 2.33. The maximum atomic E-state index is 4.33. The van der Waals surface area contributed by atoms with E-state index < -0.39 is 0 Å². The molecular weight excluding hydrogens is 176 g/mol. The van der Waals surface area contributed by atoms with Crippen molar-refractivity contribution in [2.75, 3.05) is 32.7 Å². The van der Waals surface area contributed by atoms with Gasteiger partial charge in [-0.15, -0.1) is 0 Å². The molecule has 1 saturated heterocycles. The van der Waals surface area contributed by atoms with Crippen LogP contribution in [0.4, 0.5) is 0 Å². The van der Waals surface area contributed by atoms with Gasteiger partial charge in [-0.25, -0.2) is 10.3 Å². The van der Waals surface area contributed by atoms with Gasteiger partial charge in [0, 0.05) is 51.7 Å². The van der Waals surface area contributed by atoms with Crippen molar-refractivity contribution in [2.24, 2.45) is 0 Å². The highest BCUT2D eigenvalue weighted by Crippen LogP contribution is 1.98. The number of hydrogen-bond donors (Lipinski definition) is 0. The molecular formula is C10H17N4. The molecule has 0 atom stereocenters. The number of aromatic nitrogens is 2. The molecule has 0 bridgehead atoms. The van der Waals surface area contributed by atoms with Crippen LogP contribution in [0.3, 0.4) is 0 Å². The van der Waals surface area contributed by atoms with Gasteiger partial charge in [0.2, 0.25) is 0 Å². The van der Waals surface area contributed by atoms with Crippen LogP contribution in [0.15, 0.2) is 12.4 Å². The molecule has 0 amide bonds. The van der Waals surface area contributed by atoms with Crippen molar-refractivity contribution >= 4 is 0 Å². The van der Waals surface area contributed by atoms with E-state index in [4.69, 9.17) is 0 Å². The molecule has 0 unspecified atom stereocenters. The van der Waals surface area contributed by atoms with Crippen LogP contribution < -0.4 is 5.32 Å². The zero-order valence-electron chi connectivity index (χ0n) is 8.69. The van der Waals surface area contributed by atoms with Crippen molar-refractivity contribution in [1.82, 2.24) is 19.8 Å². The summed E-state index contributed by atoms with van der Waals surface area (Å²) < 4.78 is 2.20. The van der Waals surface area contributed by atoms with Crippen LogP contribution in [-0.2, 0) is 6.54 Å². The lowest BCUT2D eigenvalue weighted by atomic mass is 10.3. The SMILES string of the molecule is Cc1nccn1CCN1CC[N]CC1. The van der Waals surface area contributed by atoms with Crippen LogP contribution in [0.25, 0.3) is 0 Å². The van der Waals surface area contributed by atoms with Crippen LogP contribution >= 0.6 is 0 Å². The van der Waals surface area contributed by atoms with E-state index in [1.807, 2.05) is 19.3 Å². The third-order valence-corrected chi connectivity index (χ3v) is 2.73. The van der Waals surface area contributed by atoms with Crippen molar-refractivity contribution < 1.29 is 0 Å². The molecule has 0 aliphatic carbocycles. The molecule has 14 heavy (non-hydrogen) atoms. The van der Waals surface area contributed by atoms with Crippen molar-refractivity contribution in [3.05, 3.63) is 18.2 Å². The van der Waals surface area contributed by atoms with E-state index in [0.29, 0.717) is 0 Å². The molecule has 0 aromatic carbocycles. The molecule has 0 N–H and O–H groups in total. The Labute approximate surface area is 84.9 Å². The number of hydrogen-bond acceptors (Lipinski definition) is 2. The molecule has 1 aromatic heterocycles. The largest absolute Gasteiger partial charge is 0.334 e. The van der Waals surface area contributed by atoms with Crippen LogP contribution in [0.2, 0.25) is 0 Å². The molecule has 1 fully saturated rings. The van der Waals surface area contributed by atoms with Gasteiger partial charge in [0.05, 0.1) is 0 Å². The fraction of sp³-hybridized carbons (Fsp3) is 0.700. The number of rotatable bonds is 3. The van der Waals surface area contributed by atoms with Crippen molar-refractivity contribution in [2.45, 2.75) is 13.5 Å². The van der Waals surface area contributed by atoms with E-state index in [9.17, 15) is 0 Å². The minimum Gasteiger partial charge on any atom is -0.334 e. The van der Waals surface area contributed by atoms with Gasteiger partial charge in [0.1, 0.15) is 5.82 Å². The van der Waals surface area contributed by atoms with Crippen molar-refractivity contribution in [1.29, 1.82) is 0 Å². The van der Waals surface area contributed by atoms with Crippen LogP contribution in [0.1, 0.15) is 5.82 Å². The van der Waals surface area contributed by atoms with Crippen molar-refractivity contribution in [3.63, 3.8) is 0 Å². The quantitative estimate of drug-likeness (QED) is 0.683. The summed E-state index contributed by atoms with van der Waals surface area (Å²) in [6.45, 7) is 8.46. The minimum atomic E-state index is 1.00. The maximum Gasteiger partial charge on any atom is 0.105 e. The molecule has 2 rings (SSSR count). The average Bonchev–Trinajstić information content (AvgIpc) is 2.63. The van der Waals surface area contributed by atoms with E-state index in [1.54, 1.807) is 0 Å². The highest BCUT2D eigenvalue weighted by atomic mass is 15.2. The Balaban J connectivity index is 1.79. The fourth-order valence-corrected chi connectivity index (χ4v) is 1.76. The van der Waals surface area contributed by atoms with Gasteiger partial charge in [0.25, 0.3) is 0 Å². The summed E-state index contributed by atoms with van der Waals surface area (Å²) in [5, 5.41) is 4.33. The first kappa shape index (κ1) is 9.68. The van der Waals surface area contributed by atoms with Crippen LogP contribution in [0, 0.1) is 6.92 Å². The Morgan fingerprint density at radius 3 is 2.71 bits per heavy atom. The zero-order valence-corrected chi connectivity index (χ0v) is 8.69. The molecule has 1 radical (unpaired) electrons. The third-order valence-electron chi connectivity index (χ3n) is 2.73. The van der Waals surface area contributed by atoms with E-state index in [1.165, 1.54) is 0 Å². The molecule has 0 spiro atoms. The van der Waals surface area contributed by atoms with Gasteiger partial charge in [-0.3, -0.25) is 4.90 Å². The number of aryl methyl sites for hydroxylation is 1. The number of piperazine rings is 1. The number of nitrogens with zero attached hydrogens (tertiary/aromatic N) is 4. The predicted molar refractivity (Wildman–Crippen MR) is 55.3 cm³/mol. The summed E-state index contributed by atoms with van der Waals surface area (Å²) in [6, 6.07) is 0. The first-order chi connectivity index (χ1) is 6.86. The normalized spacial score (nSPS) is 18.6. The summed E-state index contributed by atoms with van der Waals surface area (Å²) in [5.74, 6) is 1.10. The Hall–Kier alpha value is -0.870. The minimum absolute atomic E-state index is 1.00. The second kappa shape index (κ2) is 4.57. The number of imidazole rings is 1. The van der Waals surface area contributed by atoms with Gasteiger partial charge >= 0.3 is 0 Å². The lowest BCUT2D eigenvalue weighted by molar-refractivity contribution is 0.229. The monoisotopic (exact) mass is 193 g/mol. The summed E-state index contributed by atoms with van der Waals surface area (Å²) in [5.41, 5.74) is 0. The summed E-state index contributed by atoms with van der Waals surface area (Å²) >= 11 is 0. The second-order valence-corrected chi connectivity index (χ2v) is 3.68. The summed E-state index contributed by atoms with van der Waals surface area (Å²) in [7, 11) is 0. The molecule has 1 aliphatic heterocycles. The smallest absolute Gasteiger partial charge is 0.105 e. The second-order valence-electron chi connectivity index (χ2n) is 3.68. The van der Waals surface area contributed by atoms with Crippen molar-refractivity contribution in [3.8, 4) is 0 Å². The highest BCUT2D eigenvalue weighted by molar-refractivity contribution is 4.88. The zero-order chi connectivity index (χ0) is 9.80. The first-order valence-electron chi connectivity index (χ1n) is 5.19. The van der Waals surface area contributed by atoms with Gasteiger partial charge in [-0.2, -0.15) is 0 Å². The van der Waals surface area contributed by atoms with Gasteiger partial charge in [-0.05, 0) is 6.92 Å². The van der Waals surface area contributed by atoms with E-state index >= 15 is 0 Å².